The summed E-state index contributed by atoms with van der Waals surface area (Å²) >= 11 is 5.28. The lowest BCUT2D eigenvalue weighted by Gasteiger charge is -2.06. The summed E-state index contributed by atoms with van der Waals surface area (Å²) in [4.78, 5) is 0. The van der Waals surface area contributed by atoms with Crippen LogP contribution in [0.15, 0.2) is 39.8 Å². The van der Waals surface area contributed by atoms with E-state index in [1.54, 1.807) is 0 Å². The van der Waals surface area contributed by atoms with Crippen LogP contribution in [-0.2, 0) is 7.05 Å². The van der Waals surface area contributed by atoms with Crippen molar-refractivity contribution in [2.24, 2.45) is 7.05 Å². The first-order chi connectivity index (χ1) is 8.65. The third-order valence-electron chi connectivity index (χ3n) is 2.46. The number of benzene rings is 1. The number of thioether (sulfide) groups is 1. The van der Waals surface area contributed by atoms with Gasteiger partial charge in [-0.05, 0) is 31.2 Å². The van der Waals surface area contributed by atoms with Crippen LogP contribution >= 0.6 is 27.7 Å². The lowest BCUT2D eigenvalue weighted by atomic mass is 10.3. The van der Waals surface area contributed by atoms with E-state index >= 15 is 0 Å². The van der Waals surface area contributed by atoms with Gasteiger partial charge in [-0.3, -0.25) is 4.68 Å². The topological polar surface area (TPSA) is 29.9 Å². The summed E-state index contributed by atoms with van der Waals surface area (Å²) in [6, 6.07) is 10.3. The fourth-order valence-corrected chi connectivity index (χ4v) is 2.97. The van der Waals surface area contributed by atoms with Gasteiger partial charge < -0.3 is 5.32 Å². The van der Waals surface area contributed by atoms with Crippen molar-refractivity contribution in [1.82, 2.24) is 9.78 Å². The minimum atomic E-state index is 0.936. The number of rotatable bonds is 5. The van der Waals surface area contributed by atoms with Gasteiger partial charge in [0.1, 0.15) is 0 Å². The Kier molecular flexibility index (Phi) is 4.72. The molecule has 0 bridgehead atoms. The minimum absolute atomic E-state index is 0.936. The van der Waals surface area contributed by atoms with Crippen molar-refractivity contribution >= 4 is 33.4 Å². The molecule has 2 rings (SSSR count). The lowest BCUT2D eigenvalue weighted by Crippen LogP contribution is -2.04. The summed E-state index contributed by atoms with van der Waals surface area (Å²) in [7, 11) is 1.98. The average Bonchev–Trinajstić information content (AvgIpc) is 2.64. The van der Waals surface area contributed by atoms with Crippen molar-refractivity contribution in [3.63, 3.8) is 0 Å². The van der Waals surface area contributed by atoms with Gasteiger partial charge in [0.15, 0.2) is 0 Å². The van der Waals surface area contributed by atoms with Gasteiger partial charge in [0.2, 0.25) is 0 Å². The molecule has 5 heteroatoms. The van der Waals surface area contributed by atoms with Gasteiger partial charge in [0.25, 0.3) is 0 Å². The van der Waals surface area contributed by atoms with E-state index in [-0.39, 0.29) is 0 Å². The smallest absolute Gasteiger partial charge is 0.0939 e. The predicted molar refractivity (Wildman–Crippen MR) is 81.3 cm³/mol. The Morgan fingerprint density at radius 1 is 1.39 bits per heavy atom. The third-order valence-corrected chi connectivity index (χ3v) is 4.04. The van der Waals surface area contributed by atoms with Crippen LogP contribution < -0.4 is 5.32 Å². The number of anilines is 1. The zero-order chi connectivity index (χ0) is 13.0. The van der Waals surface area contributed by atoms with Gasteiger partial charge in [-0.15, -0.1) is 11.8 Å². The first-order valence-corrected chi connectivity index (χ1v) is 7.56. The summed E-state index contributed by atoms with van der Waals surface area (Å²) in [5.41, 5.74) is 2.21. The van der Waals surface area contributed by atoms with E-state index in [0.717, 1.165) is 28.2 Å². The van der Waals surface area contributed by atoms with Gasteiger partial charge in [0, 0.05) is 29.5 Å². The number of hydrogen-bond acceptors (Lipinski definition) is 3. The van der Waals surface area contributed by atoms with E-state index < -0.39 is 0 Å². The van der Waals surface area contributed by atoms with Crippen molar-refractivity contribution in [1.29, 1.82) is 0 Å². The third kappa shape index (κ3) is 3.78. The number of nitrogens with zero attached hydrogens (tertiary/aromatic N) is 2. The van der Waals surface area contributed by atoms with E-state index in [1.807, 2.05) is 42.5 Å². The maximum absolute atomic E-state index is 4.33. The Hall–Kier alpha value is -0.940. The Morgan fingerprint density at radius 2 is 2.22 bits per heavy atom. The van der Waals surface area contributed by atoms with Crippen LogP contribution in [0, 0.1) is 6.92 Å². The fraction of sp³-hybridized carbons (Fsp3) is 0.308. The van der Waals surface area contributed by atoms with E-state index in [1.165, 1.54) is 5.03 Å². The summed E-state index contributed by atoms with van der Waals surface area (Å²) in [5, 5.41) is 8.94. The van der Waals surface area contributed by atoms with E-state index in [4.69, 9.17) is 0 Å². The Labute approximate surface area is 120 Å². The van der Waals surface area contributed by atoms with Gasteiger partial charge in [-0.2, -0.15) is 5.10 Å². The predicted octanol–water partition coefficient (Wildman–Crippen LogP) is 3.70. The largest absolute Gasteiger partial charge is 0.384 e. The molecule has 0 aliphatic rings. The zero-order valence-corrected chi connectivity index (χ0v) is 12.9. The number of halogens is 1. The van der Waals surface area contributed by atoms with E-state index in [0.29, 0.717) is 0 Å². The SMILES string of the molecule is Cc1cc(SCCNc2cccc(Br)c2)n(C)n1. The zero-order valence-electron chi connectivity index (χ0n) is 10.5. The quantitative estimate of drug-likeness (QED) is 0.671. The summed E-state index contributed by atoms with van der Waals surface area (Å²) in [6.07, 6.45) is 0. The van der Waals surface area contributed by atoms with Crippen LogP contribution in [0.25, 0.3) is 0 Å². The molecule has 0 aliphatic carbocycles. The van der Waals surface area contributed by atoms with E-state index in [9.17, 15) is 0 Å². The maximum atomic E-state index is 4.33. The molecule has 0 aliphatic heterocycles. The van der Waals surface area contributed by atoms with Crippen LogP contribution in [0.4, 0.5) is 5.69 Å². The molecule has 96 valence electrons. The molecule has 0 saturated heterocycles. The van der Waals surface area contributed by atoms with Gasteiger partial charge >= 0.3 is 0 Å². The van der Waals surface area contributed by atoms with Crippen molar-refractivity contribution in [2.75, 3.05) is 17.6 Å². The first kappa shape index (κ1) is 13.5. The molecule has 0 atom stereocenters. The molecule has 1 aromatic carbocycles. The number of hydrogen-bond donors (Lipinski definition) is 1. The molecule has 3 nitrogen and oxygen atoms in total. The van der Waals surface area contributed by atoms with Crippen molar-refractivity contribution < 1.29 is 0 Å². The molecule has 0 amide bonds. The Balaban J connectivity index is 1.78. The summed E-state index contributed by atoms with van der Waals surface area (Å²) < 4.78 is 3.03. The number of aromatic nitrogens is 2. The standard InChI is InChI=1S/C13H16BrN3S/c1-10-8-13(17(2)16-10)18-7-6-15-12-5-3-4-11(14)9-12/h3-5,8-9,15H,6-7H2,1-2H3. The van der Waals surface area contributed by atoms with Crippen molar-refractivity contribution in [3.05, 3.63) is 40.5 Å². The lowest BCUT2D eigenvalue weighted by molar-refractivity contribution is 0.692. The van der Waals surface area contributed by atoms with Crippen molar-refractivity contribution in [3.8, 4) is 0 Å². The Bertz CT molecular complexity index is 525. The van der Waals surface area contributed by atoms with Crippen LogP contribution in [0.1, 0.15) is 5.69 Å². The Morgan fingerprint density at radius 3 is 2.89 bits per heavy atom. The maximum Gasteiger partial charge on any atom is 0.0939 e. The molecular weight excluding hydrogens is 310 g/mol. The van der Waals surface area contributed by atoms with Crippen molar-refractivity contribution in [2.45, 2.75) is 11.9 Å². The summed E-state index contributed by atoms with van der Waals surface area (Å²) in [5.74, 6) is 1.02. The molecule has 0 unspecified atom stereocenters. The first-order valence-electron chi connectivity index (χ1n) is 5.78. The molecule has 1 aromatic heterocycles. The van der Waals surface area contributed by atoms with Gasteiger partial charge in [-0.1, -0.05) is 22.0 Å². The summed E-state index contributed by atoms with van der Waals surface area (Å²) in [6.45, 7) is 2.95. The monoisotopic (exact) mass is 325 g/mol. The van der Waals surface area contributed by atoms with Crippen LogP contribution in [0.5, 0.6) is 0 Å². The molecule has 0 spiro atoms. The second-order valence-corrected chi connectivity index (χ2v) is 6.06. The van der Waals surface area contributed by atoms with Crippen LogP contribution in [-0.4, -0.2) is 22.1 Å². The molecule has 0 fully saturated rings. The second-order valence-electron chi connectivity index (χ2n) is 4.03. The van der Waals surface area contributed by atoms with Gasteiger partial charge in [-0.25, -0.2) is 0 Å². The van der Waals surface area contributed by atoms with Crippen LogP contribution in [0.3, 0.4) is 0 Å². The molecular formula is C13H16BrN3S. The molecule has 1 N–H and O–H groups in total. The van der Waals surface area contributed by atoms with Crippen LogP contribution in [0.2, 0.25) is 0 Å². The highest BCUT2D eigenvalue weighted by Gasteiger charge is 2.01. The second kappa shape index (κ2) is 6.29. The molecule has 1 heterocycles. The van der Waals surface area contributed by atoms with Gasteiger partial charge in [0.05, 0.1) is 10.7 Å². The highest BCUT2D eigenvalue weighted by atomic mass is 79.9. The molecule has 0 saturated carbocycles. The fourth-order valence-electron chi connectivity index (χ4n) is 1.67. The average molecular weight is 326 g/mol. The highest BCUT2D eigenvalue weighted by molar-refractivity contribution is 9.10. The minimum Gasteiger partial charge on any atom is -0.384 e. The normalized spacial score (nSPS) is 10.6. The number of aryl methyl sites for hydroxylation is 2. The highest BCUT2D eigenvalue weighted by Crippen LogP contribution is 2.19. The number of nitrogens with one attached hydrogen (secondary N) is 1. The van der Waals surface area contributed by atoms with E-state index in [2.05, 4.69) is 44.5 Å². The molecule has 18 heavy (non-hydrogen) atoms. The molecule has 2 aromatic rings. The molecule has 0 radical (unpaired) electrons.